The van der Waals surface area contributed by atoms with Crippen LogP contribution in [0.5, 0.6) is 0 Å². The van der Waals surface area contributed by atoms with Crippen molar-refractivity contribution in [2.75, 3.05) is 31.1 Å². The summed E-state index contributed by atoms with van der Waals surface area (Å²) >= 11 is 0. The molecule has 2 heterocycles. The van der Waals surface area contributed by atoms with Crippen LogP contribution in [0, 0.1) is 6.92 Å². The van der Waals surface area contributed by atoms with Crippen LogP contribution in [-0.4, -0.2) is 62.6 Å². The van der Waals surface area contributed by atoms with Crippen LogP contribution in [0.15, 0.2) is 21.5 Å². The number of amides is 1. The molecule has 29 heavy (non-hydrogen) atoms. The Morgan fingerprint density at radius 3 is 2.66 bits per heavy atom. The number of rotatable bonds is 8. The minimum atomic E-state index is -3.02. The summed E-state index contributed by atoms with van der Waals surface area (Å²) in [6, 6.07) is 3.20. The molecule has 1 amide bonds. The van der Waals surface area contributed by atoms with Crippen molar-refractivity contribution >= 4 is 45.7 Å². The molecule has 2 unspecified atom stereocenters. The van der Waals surface area contributed by atoms with Gasteiger partial charge >= 0.3 is 0 Å². The normalized spacial score (nSPS) is 20.4. The van der Waals surface area contributed by atoms with Gasteiger partial charge in [0, 0.05) is 25.6 Å². The number of aliphatic imine (C=N–C) groups is 1. The maximum absolute atomic E-state index is 12.0. The fourth-order valence-electron chi connectivity index (χ4n) is 2.88. The molecule has 4 N–H and O–H groups in total. The van der Waals surface area contributed by atoms with Gasteiger partial charge in [0.1, 0.15) is 17.1 Å². The molecule has 0 saturated carbocycles. The molecule has 1 aromatic rings. The van der Waals surface area contributed by atoms with Crippen LogP contribution in [0.1, 0.15) is 38.2 Å². The van der Waals surface area contributed by atoms with Gasteiger partial charge in [0.15, 0.2) is 15.8 Å². The van der Waals surface area contributed by atoms with Crippen LogP contribution < -0.4 is 16.0 Å². The van der Waals surface area contributed by atoms with Gasteiger partial charge in [-0.2, -0.15) is 0 Å². The number of aliphatic hydroxyl groups is 1. The third kappa shape index (κ3) is 8.51. The van der Waals surface area contributed by atoms with Gasteiger partial charge in [-0.15, -0.1) is 24.0 Å². The zero-order valence-electron chi connectivity index (χ0n) is 17.0. The Morgan fingerprint density at radius 2 is 2.10 bits per heavy atom. The van der Waals surface area contributed by atoms with Gasteiger partial charge in [-0.3, -0.25) is 4.79 Å². The average molecular weight is 542 g/mol. The standard InChI is InChI=1S/C18H30N4O5S.HI/c1-4-19-17(21-12-18(3,24)15-6-5-13(2)27-15)20-9-7-16(23)22-14-8-10-28(25,26)11-14;/h5-6,14,24H,4,7-12H2,1-3H3,(H,22,23)(H2,19,20,21);1H. The molecule has 2 rings (SSSR count). The Bertz CT molecular complexity index is 807. The molecule has 1 fully saturated rings. The van der Waals surface area contributed by atoms with E-state index >= 15 is 0 Å². The van der Waals surface area contributed by atoms with E-state index in [-0.39, 0.29) is 60.4 Å². The third-order valence-electron chi connectivity index (χ3n) is 4.40. The zero-order valence-corrected chi connectivity index (χ0v) is 20.2. The summed E-state index contributed by atoms with van der Waals surface area (Å²) in [6.07, 6.45) is 0.654. The Hall–Kier alpha value is -1.34. The number of sulfone groups is 1. The first kappa shape index (κ1) is 25.7. The zero-order chi connectivity index (χ0) is 20.8. The fraction of sp³-hybridized carbons (Fsp3) is 0.667. The summed E-state index contributed by atoms with van der Waals surface area (Å²) in [4.78, 5) is 16.4. The lowest BCUT2D eigenvalue weighted by molar-refractivity contribution is -0.121. The van der Waals surface area contributed by atoms with Crippen LogP contribution in [0.2, 0.25) is 0 Å². The summed E-state index contributed by atoms with van der Waals surface area (Å²) in [5, 5.41) is 19.4. The highest BCUT2D eigenvalue weighted by Gasteiger charge is 2.29. The highest BCUT2D eigenvalue weighted by atomic mass is 127. The molecule has 0 radical (unpaired) electrons. The lowest BCUT2D eigenvalue weighted by Crippen LogP contribution is -2.41. The topological polar surface area (TPSA) is 133 Å². The van der Waals surface area contributed by atoms with Crippen molar-refractivity contribution in [1.82, 2.24) is 16.0 Å². The van der Waals surface area contributed by atoms with Gasteiger partial charge in [-0.05, 0) is 39.3 Å². The van der Waals surface area contributed by atoms with E-state index in [9.17, 15) is 18.3 Å². The van der Waals surface area contributed by atoms with Gasteiger partial charge in [0.05, 0.1) is 18.1 Å². The first-order valence-corrected chi connectivity index (χ1v) is 11.2. The number of nitrogens with one attached hydrogen (secondary N) is 3. The van der Waals surface area contributed by atoms with Crippen molar-refractivity contribution in [1.29, 1.82) is 0 Å². The summed E-state index contributed by atoms with van der Waals surface area (Å²) < 4.78 is 28.4. The smallest absolute Gasteiger partial charge is 0.222 e. The molecule has 166 valence electrons. The second-order valence-corrected chi connectivity index (χ2v) is 9.45. The van der Waals surface area contributed by atoms with Crippen LogP contribution in [0.4, 0.5) is 0 Å². The van der Waals surface area contributed by atoms with E-state index < -0.39 is 15.4 Å². The predicted molar refractivity (Wildman–Crippen MR) is 122 cm³/mol. The van der Waals surface area contributed by atoms with Crippen LogP contribution >= 0.6 is 24.0 Å². The van der Waals surface area contributed by atoms with Crippen molar-refractivity contribution in [3.63, 3.8) is 0 Å². The first-order chi connectivity index (χ1) is 13.1. The molecule has 0 aliphatic carbocycles. The Kier molecular flexibility index (Phi) is 9.89. The molecule has 0 bridgehead atoms. The molecule has 11 heteroatoms. The minimum absolute atomic E-state index is 0. The van der Waals surface area contributed by atoms with Crippen LogP contribution in [0.3, 0.4) is 0 Å². The number of carbonyl (C=O) groups is 1. The van der Waals surface area contributed by atoms with Gasteiger partial charge in [0.2, 0.25) is 5.91 Å². The second-order valence-electron chi connectivity index (χ2n) is 7.22. The van der Waals surface area contributed by atoms with E-state index in [0.717, 1.165) is 0 Å². The largest absolute Gasteiger partial charge is 0.463 e. The molecule has 1 aromatic heterocycles. The predicted octanol–water partition coefficient (Wildman–Crippen LogP) is 0.662. The van der Waals surface area contributed by atoms with E-state index in [1.165, 1.54) is 0 Å². The number of hydrogen-bond donors (Lipinski definition) is 4. The Morgan fingerprint density at radius 1 is 1.38 bits per heavy atom. The molecular formula is C18H31IN4O5S. The molecule has 2 atom stereocenters. The van der Waals surface area contributed by atoms with E-state index in [0.29, 0.717) is 37.0 Å². The summed E-state index contributed by atoms with van der Waals surface area (Å²) in [5.41, 5.74) is -1.25. The molecular weight excluding hydrogens is 511 g/mol. The quantitative estimate of drug-likeness (QED) is 0.216. The second kappa shape index (κ2) is 11.2. The number of nitrogens with zero attached hydrogens (tertiary/aromatic N) is 1. The van der Waals surface area contributed by atoms with Crippen molar-refractivity contribution in [2.45, 2.75) is 45.3 Å². The number of aryl methyl sites for hydroxylation is 1. The Labute approximate surface area is 189 Å². The number of furan rings is 1. The maximum Gasteiger partial charge on any atom is 0.222 e. The Balaban J connectivity index is 0.00000420. The highest BCUT2D eigenvalue weighted by molar-refractivity contribution is 14.0. The number of carbonyl (C=O) groups excluding carboxylic acids is 1. The highest BCUT2D eigenvalue weighted by Crippen LogP contribution is 2.23. The van der Waals surface area contributed by atoms with Crippen molar-refractivity contribution in [2.24, 2.45) is 4.99 Å². The summed E-state index contributed by atoms with van der Waals surface area (Å²) in [6.45, 7) is 6.39. The van der Waals surface area contributed by atoms with E-state index in [1.54, 1.807) is 26.0 Å². The SMILES string of the molecule is CCNC(=NCC(C)(O)c1ccc(C)o1)NCCC(=O)NC1CCS(=O)(=O)C1.I. The summed E-state index contributed by atoms with van der Waals surface area (Å²) in [5.74, 6) is 1.56. The number of guanidine groups is 1. The van der Waals surface area contributed by atoms with Crippen molar-refractivity contribution < 1.29 is 22.7 Å². The summed E-state index contributed by atoms with van der Waals surface area (Å²) in [7, 11) is -3.02. The third-order valence-corrected chi connectivity index (χ3v) is 6.17. The van der Waals surface area contributed by atoms with Crippen molar-refractivity contribution in [3.05, 3.63) is 23.7 Å². The molecule has 1 saturated heterocycles. The lowest BCUT2D eigenvalue weighted by Gasteiger charge is -2.19. The molecule has 0 aromatic carbocycles. The van der Waals surface area contributed by atoms with Gasteiger partial charge in [-0.1, -0.05) is 0 Å². The first-order valence-electron chi connectivity index (χ1n) is 9.42. The molecule has 1 aliphatic rings. The van der Waals surface area contributed by atoms with E-state index in [1.807, 2.05) is 6.92 Å². The van der Waals surface area contributed by atoms with Gasteiger partial charge < -0.3 is 25.5 Å². The number of halogens is 1. The minimum Gasteiger partial charge on any atom is -0.463 e. The van der Waals surface area contributed by atoms with Crippen LogP contribution in [-0.2, 0) is 20.2 Å². The molecule has 9 nitrogen and oxygen atoms in total. The molecule has 0 spiro atoms. The number of hydrogen-bond acceptors (Lipinski definition) is 6. The van der Waals surface area contributed by atoms with Gasteiger partial charge in [-0.25, -0.2) is 13.4 Å². The van der Waals surface area contributed by atoms with E-state index in [2.05, 4.69) is 20.9 Å². The lowest BCUT2D eigenvalue weighted by atomic mass is 10.0. The average Bonchev–Trinajstić information content (AvgIpc) is 3.18. The fourth-order valence-corrected chi connectivity index (χ4v) is 4.55. The maximum atomic E-state index is 12.0. The van der Waals surface area contributed by atoms with Crippen LogP contribution in [0.25, 0.3) is 0 Å². The van der Waals surface area contributed by atoms with Crippen molar-refractivity contribution in [3.8, 4) is 0 Å². The monoisotopic (exact) mass is 542 g/mol. The molecule has 1 aliphatic heterocycles. The van der Waals surface area contributed by atoms with Gasteiger partial charge in [0.25, 0.3) is 0 Å². The van der Waals surface area contributed by atoms with E-state index in [4.69, 9.17) is 4.42 Å².